The van der Waals surface area contributed by atoms with Crippen molar-refractivity contribution in [3.8, 4) is 33.4 Å². The maximum absolute atomic E-state index is 2.46. The molecule has 47 heavy (non-hydrogen) atoms. The SMILES string of the molecule is CC1(C)c2ccc(N(c3ccc(-c4ccccc4)cc3)c3ccc(-c4ccccc4)cc3)cc2-c2cc3c(cc21)sc1ccccc13. The van der Waals surface area contributed by atoms with Crippen LogP contribution in [0, 0.1) is 0 Å². The van der Waals surface area contributed by atoms with Crippen molar-refractivity contribution in [3.05, 3.63) is 175 Å². The minimum Gasteiger partial charge on any atom is -0.310 e. The number of benzene rings is 7. The monoisotopic (exact) mass is 619 g/mol. The van der Waals surface area contributed by atoms with E-state index in [0.29, 0.717) is 0 Å². The summed E-state index contributed by atoms with van der Waals surface area (Å²) >= 11 is 1.90. The lowest BCUT2D eigenvalue weighted by molar-refractivity contribution is 0.661. The Bertz CT molecular complexity index is 2320. The maximum atomic E-state index is 2.46. The molecular formula is C45H33NS. The van der Waals surface area contributed by atoms with E-state index in [-0.39, 0.29) is 5.41 Å². The lowest BCUT2D eigenvalue weighted by atomic mass is 9.82. The van der Waals surface area contributed by atoms with Gasteiger partial charge in [-0.25, -0.2) is 0 Å². The van der Waals surface area contributed by atoms with E-state index in [0.717, 1.165) is 17.1 Å². The number of rotatable bonds is 5. The molecule has 8 aromatic rings. The van der Waals surface area contributed by atoms with Crippen LogP contribution in [0.1, 0.15) is 25.0 Å². The highest BCUT2D eigenvalue weighted by molar-refractivity contribution is 7.25. The van der Waals surface area contributed by atoms with E-state index in [9.17, 15) is 0 Å². The van der Waals surface area contributed by atoms with Crippen LogP contribution in [0.4, 0.5) is 17.1 Å². The molecule has 1 aliphatic rings. The largest absolute Gasteiger partial charge is 0.310 e. The lowest BCUT2D eigenvalue weighted by Gasteiger charge is -2.27. The first-order chi connectivity index (χ1) is 23.0. The molecule has 2 heteroatoms. The highest BCUT2D eigenvalue weighted by Gasteiger charge is 2.36. The van der Waals surface area contributed by atoms with Crippen molar-refractivity contribution >= 4 is 48.6 Å². The smallest absolute Gasteiger partial charge is 0.0468 e. The van der Waals surface area contributed by atoms with E-state index in [1.807, 2.05) is 11.3 Å². The number of anilines is 3. The Labute approximate surface area is 280 Å². The molecule has 1 aromatic heterocycles. The summed E-state index contributed by atoms with van der Waals surface area (Å²) in [6.07, 6.45) is 0. The Hall–Kier alpha value is -5.44. The third-order valence-corrected chi connectivity index (χ3v) is 11.0. The zero-order valence-corrected chi connectivity index (χ0v) is 27.3. The van der Waals surface area contributed by atoms with Crippen molar-refractivity contribution in [2.75, 3.05) is 4.90 Å². The number of fused-ring (bicyclic) bond motifs is 6. The minimum atomic E-state index is -0.0763. The Morgan fingerprint density at radius 3 is 1.53 bits per heavy atom. The van der Waals surface area contributed by atoms with Crippen LogP contribution in [-0.4, -0.2) is 0 Å². The second-order valence-corrected chi connectivity index (χ2v) is 14.1. The second kappa shape index (κ2) is 10.8. The first-order valence-corrected chi connectivity index (χ1v) is 17.1. The highest BCUT2D eigenvalue weighted by Crippen LogP contribution is 2.53. The summed E-state index contributed by atoms with van der Waals surface area (Å²) in [6.45, 7) is 4.75. The van der Waals surface area contributed by atoms with Crippen LogP contribution in [0.15, 0.2) is 164 Å². The van der Waals surface area contributed by atoms with Gasteiger partial charge in [-0.15, -0.1) is 11.3 Å². The molecule has 0 aliphatic heterocycles. The zero-order valence-electron chi connectivity index (χ0n) is 26.4. The summed E-state index contributed by atoms with van der Waals surface area (Å²) < 4.78 is 2.71. The molecule has 9 rings (SSSR count). The fourth-order valence-electron chi connectivity index (χ4n) is 7.41. The van der Waals surface area contributed by atoms with Gasteiger partial charge < -0.3 is 4.90 Å². The highest BCUT2D eigenvalue weighted by atomic mass is 32.1. The average Bonchev–Trinajstić information content (AvgIpc) is 3.60. The molecule has 0 atom stereocenters. The van der Waals surface area contributed by atoms with Crippen molar-refractivity contribution in [1.82, 2.24) is 0 Å². The molecule has 0 unspecified atom stereocenters. The number of thiophene rings is 1. The first-order valence-electron chi connectivity index (χ1n) is 16.3. The van der Waals surface area contributed by atoms with Gasteiger partial charge in [-0.05, 0) is 99.1 Å². The molecule has 0 bridgehead atoms. The van der Waals surface area contributed by atoms with Crippen LogP contribution in [-0.2, 0) is 5.41 Å². The molecule has 7 aromatic carbocycles. The molecule has 0 saturated carbocycles. The van der Waals surface area contributed by atoms with Gasteiger partial charge in [0.25, 0.3) is 0 Å². The van der Waals surface area contributed by atoms with Gasteiger partial charge in [0.2, 0.25) is 0 Å². The Kier molecular flexibility index (Phi) is 6.41. The summed E-state index contributed by atoms with van der Waals surface area (Å²) in [6, 6.07) is 59.9. The van der Waals surface area contributed by atoms with Crippen LogP contribution in [0.3, 0.4) is 0 Å². The van der Waals surface area contributed by atoms with Crippen LogP contribution >= 0.6 is 11.3 Å². The third-order valence-electron chi connectivity index (χ3n) is 9.88. The molecule has 1 aliphatic carbocycles. The molecular weight excluding hydrogens is 587 g/mol. The molecule has 224 valence electrons. The van der Waals surface area contributed by atoms with E-state index >= 15 is 0 Å². The van der Waals surface area contributed by atoms with Gasteiger partial charge in [0.1, 0.15) is 0 Å². The summed E-state index contributed by atoms with van der Waals surface area (Å²) in [5.74, 6) is 0. The molecule has 0 N–H and O–H groups in total. The van der Waals surface area contributed by atoms with E-state index in [2.05, 4.69) is 183 Å². The van der Waals surface area contributed by atoms with Gasteiger partial charge in [-0.2, -0.15) is 0 Å². The molecule has 0 saturated heterocycles. The van der Waals surface area contributed by atoms with E-state index in [1.165, 1.54) is 64.7 Å². The Morgan fingerprint density at radius 2 is 0.915 bits per heavy atom. The number of hydrogen-bond acceptors (Lipinski definition) is 2. The minimum absolute atomic E-state index is 0.0763. The fourth-order valence-corrected chi connectivity index (χ4v) is 8.54. The van der Waals surface area contributed by atoms with Gasteiger partial charge >= 0.3 is 0 Å². The van der Waals surface area contributed by atoms with Gasteiger partial charge in [0, 0.05) is 42.6 Å². The molecule has 0 radical (unpaired) electrons. The quantitative estimate of drug-likeness (QED) is 0.185. The summed E-state index contributed by atoms with van der Waals surface area (Å²) in [4.78, 5) is 2.40. The van der Waals surface area contributed by atoms with Crippen molar-refractivity contribution < 1.29 is 0 Å². The number of nitrogens with zero attached hydrogens (tertiary/aromatic N) is 1. The predicted molar refractivity (Wildman–Crippen MR) is 202 cm³/mol. The fraction of sp³-hybridized carbons (Fsp3) is 0.0667. The van der Waals surface area contributed by atoms with Gasteiger partial charge in [0.15, 0.2) is 0 Å². The standard InChI is InChI=1S/C45H33NS/c1-45(2)41-26-25-36(27-38(41)39-28-40-37-15-9-10-16-43(37)47-44(40)29-42(39)45)46(34-21-17-32(18-22-34)30-11-5-3-6-12-30)35-23-19-33(20-24-35)31-13-7-4-8-14-31/h3-29H,1-2H3. The average molecular weight is 620 g/mol. The van der Waals surface area contributed by atoms with Crippen molar-refractivity contribution in [1.29, 1.82) is 0 Å². The summed E-state index contributed by atoms with van der Waals surface area (Å²) in [5.41, 5.74) is 13.7. The summed E-state index contributed by atoms with van der Waals surface area (Å²) in [5, 5.41) is 2.69. The normalized spacial score (nSPS) is 13.1. The Balaban J connectivity index is 1.20. The van der Waals surface area contributed by atoms with Crippen LogP contribution < -0.4 is 4.90 Å². The first kappa shape index (κ1) is 27.8. The second-order valence-electron chi connectivity index (χ2n) is 13.0. The van der Waals surface area contributed by atoms with Crippen molar-refractivity contribution in [2.45, 2.75) is 19.3 Å². The van der Waals surface area contributed by atoms with Crippen LogP contribution in [0.25, 0.3) is 53.6 Å². The van der Waals surface area contributed by atoms with E-state index < -0.39 is 0 Å². The van der Waals surface area contributed by atoms with Gasteiger partial charge in [-0.3, -0.25) is 0 Å². The third kappa shape index (κ3) is 4.60. The van der Waals surface area contributed by atoms with Crippen molar-refractivity contribution in [3.63, 3.8) is 0 Å². The maximum Gasteiger partial charge on any atom is 0.0468 e. The lowest BCUT2D eigenvalue weighted by Crippen LogP contribution is -2.15. The van der Waals surface area contributed by atoms with Crippen molar-refractivity contribution in [2.24, 2.45) is 0 Å². The van der Waals surface area contributed by atoms with E-state index in [4.69, 9.17) is 0 Å². The van der Waals surface area contributed by atoms with Crippen LogP contribution in [0.2, 0.25) is 0 Å². The summed E-state index contributed by atoms with van der Waals surface area (Å²) in [7, 11) is 0. The number of hydrogen-bond donors (Lipinski definition) is 0. The van der Waals surface area contributed by atoms with Gasteiger partial charge in [-0.1, -0.05) is 123 Å². The Morgan fingerprint density at radius 1 is 0.404 bits per heavy atom. The molecule has 1 heterocycles. The zero-order chi connectivity index (χ0) is 31.5. The molecule has 0 fully saturated rings. The molecule has 1 nitrogen and oxygen atoms in total. The van der Waals surface area contributed by atoms with E-state index in [1.54, 1.807) is 0 Å². The molecule has 0 amide bonds. The van der Waals surface area contributed by atoms with Gasteiger partial charge in [0.05, 0.1) is 0 Å². The predicted octanol–water partition coefficient (Wildman–Crippen LogP) is 13.2. The molecule has 0 spiro atoms. The topological polar surface area (TPSA) is 3.24 Å². The van der Waals surface area contributed by atoms with Crippen LogP contribution in [0.5, 0.6) is 0 Å².